The molecule has 1 radical (unpaired) electrons. The Morgan fingerprint density at radius 1 is 1.31 bits per heavy atom. The summed E-state index contributed by atoms with van der Waals surface area (Å²) in [6.07, 6.45) is 2.05. The van der Waals surface area contributed by atoms with Crippen molar-refractivity contribution in [3.05, 3.63) is 23.8 Å². The van der Waals surface area contributed by atoms with Crippen LogP contribution in [-0.4, -0.2) is 20.5 Å². The lowest BCUT2D eigenvalue weighted by Crippen LogP contribution is -1.94. The number of hydrogen-bond acceptors (Lipinski definition) is 3. The molecule has 1 aromatic rings. The van der Waals surface area contributed by atoms with E-state index < -0.39 is 0 Å². The fraction of sp³-hybridized carbons (Fsp3) is 0.300. The Labute approximate surface area is 77.3 Å². The molecule has 3 nitrogen and oxygen atoms in total. The highest BCUT2D eigenvalue weighted by Crippen LogP contribution is 2.23. The monoisotopic (exact) mass is 179 g/mol. The lowest BCUT2D eigenvalue weighted by atomic mass is 10.1. The molecule has 69 valence electrons. The first-order valence-electron chi connectivity index (χ1n) is 3.87. The summed E-state index contributed by atoms with van der Waals surface area (Å²) in [5, 5.41) is 0. The summed E-state index contributed by atoms with van der Waals surface area (Å²) in [6.45, 7) is 0. The number of hydrogen-bond donors (Lipinski definition) is 0. The molecule has 0 N–H and O–H groups in total. The SMILES string of the molecule is COc1ccc(OC)c(C[C]=O)c1. The maximum absolute atomic E-state index is 10.2. The second-order valence-corrected chi connectivity index (χ2v) is 2.50. The summed E-state index contributed by atoms with van der Waals surface area (Å²) >= 11 is 0. The van der Waals surface area contributed by atoms with Crippen LogP contribution < -0.4 is 9.47 Å². The van der Waals surface area contributed by atoms with E-state index in [1.807, 2.05) is 6.29 Å². The fourth-order valence-corrected chi connectivity index (χ4v) is 1.10. The third-order valence-electron chi connectivity index (χ3n) is 1.75. The van der Waals surface area contributed by atoms with Gasteiger partial charge in [-0.3, -0.25) is 4.79 Å². The molecule has 0 atom stereocenters. The Kier molecular flexibility index (Phi) is 3.31. The Bertz CT molecular complexity index is 294. The van der Waals surface area contributed by atoms with Crippen molar-refractivity contribution in [3.63, 3.8) is 0 Å². The first-order valence-corrected chi connectivity index (χ1v) is 3.87. The summed E-state index contributed by atoms with van der Waals surface area (Å²) in [5.41, 5.74) is 0.789. The van der Waals surface area contributed by atoms with Crippen LogP contribution in [0.15, 0.2) is 18.2 Å². The molecule has 13 heavy (non-hydrogen) atoms. The first-order chi connectivity index (χ1) is 6.31. The minimum atomic E-state index is 0.223. The molecule has 0 aliphatic heterocycles. The van der Waals surface area contributed by atoms with E-state index in [1.54, 1.807) is 32.4 Å². The Morgan fingerprint density at radius 3 is 2.62 bits per heavy atom. The van der Waals surface area contributed by atoms with Gasteiger partial charge in [0, 0.05) is 12.0 Å². The largest absolute Gasteiger partial charge is 0.497 e. The van der Waals surface area contributed by atoms with E-state index in [-0.39, 0.29) is 6.42 Å². The van der Waals surface area contributed by atoms with Gasteiger partial charge >= 0.3 is 0 Å². The van der Waals surface area contributed by atoms with Gasteiger partial charge in [0.05, 0.1) is 14.2 Å². The molecule has 0 aliphatic rings. The maximum atomic E-state index is 10.2. The second-order valence-electron chi connectivity index (χ2n) is 2.50. The van der Waals surface area contributed by atoms with Gasteiger partial charge in [0.2, 0.25) is 6.29 Å². The van der Waals surface area contributed by atoms with Crippen LogP contribution in [0.4, 0.5) is 0 Å². The van der Waals surface area contributed by atoms with E-state index in [9.17, 15) is 4.79 Å². The molecule has 0 fully saturated rings. The van der Waals surface area contributed by atoms with Crippen LogP contribution in [0.2, 0.25) is 0 Å². The number of benzene rings is 1. The van der Waals surface area contributed by atoms with Crippen LogP contribution in [0.5, 0.6) is 11.5 Å². The van der Waals surface area contributed by atoms with Crippen molar-refractivity contribution in [1.82, 2.24) is 0 Å². The van der Waals surface area contributed by atoms with Crippen molar-refractivity contribution >= 4 is 6.29 Å². The van der Waals surface area contributed by atoms with Gasteiger partial charge in [0.15, 0.2) is 0 Å². The highest BCUT2D eigenvalue weighted by Gasteiger charge is 2.03. The van der Waals surface area contributed by atoms with Crippen molar-refractivity contribution in [3.8, 4) is 11.5 Å². The average Bonchev–Trinajstić information content (AvgIpc) is 2.18. The predicted molar refractivity (Wildman–Crippen MR) is 48.9 cm³/mol. The van der Waals surface area contributed by atoms with E-state index in [2.05, 4.69) is 0 Å². The zero-order valence-electron chi connectivity index (χ0n) is 7.66. The van der Waals surface area contributed by atoms with Crippen molar-refractivity contribution in [2.75, 3.05) is 14.2 Å². The maximum Gasteiger partial charge on any atom is 0.203 e. The molecule has 0 saturated heterocycles. The molecule has 3 heteroatoms. The summed E-state index contributed by atoms with van der Waals surface area (Å²) < 4.78 is 10.1. The van der Waals surface area contributed by atoms with E-state index in [0.29, 0.717) is 11.5 Å². The number of rotatable bonds is 4. The molecule has 1 rings (SSSR count). The lowest BCUT2D eigenvalue weighted by molar-refractivity contribution is 0.399. The van der Waals surface area contributed by atoms with Crippen molar-refractivity contribution < 1.29 is 14.3 Å². The smallest absolute Gasteiger partial charge is 0.203 e. The zero-order valence-corrected chi connectivity index (χ0v) is 7.66. The molecule has 0 aliphatic carbocycles. The normalized spacial score (nSPS) is 9.38. The average molecular weight is 179 g/mol. The molecule has 0 unspecified atom stereocenters. The van der Waals surface area contributed by atoms with Crippen LogP contribution in [0.25, 0.3) is 0 Å². The summed E-state index contributed by atoms with van der Waals surface area (Å²) in [7, 11) is 3.15. The quantitative estimate of drug-likeness (QED) is 0.700. The van der Waals surface area contributed by atoms with Gasteiger partial charge in [0.25, 0.3) is 0 Å². The van der Waals surface area contributed by atoms with Gasteiger partial charge in [-0.05, 0) is 18.2 Å². The van der Waals surface area contributed by atoms with Crippen LogP contribution in [-0.2, 0) is 11.2 Å². The topological polar surface area (TPSA) is 35.5 Å². The van der Waals surface area contributed by atoms with Gasteiger partial charge in [-0.15, -0.1) is 0 Å². The molecule has 0 bridgehead atoms. The molecular weight excluding hydrogens is 168 g/mol. The standard InChI is InChI=1S/C10H11O3/c1-12-9-3-4-10(13-2)8(7-9)5-6-11/h3-4,7H,5H2,1-2H3. The summed E-state index contributed by atoms with van der Waals surface area (Å²) in [5.74, 6) is 1.40. The van der Waals surface area contributed by atoms with Crippen LogP contribution in [0, 0.1) is 0 Å². The molecule has 0 saturated carbocycles. The first kappa shape index (κ1) is 9.58. The van der Waals surface area contributed by atoms with Crippen LogP contribution in [0.3, 0.4) is 0 Å². The molecule has 0 heterocycles. The highest BCUT2D eigenvalue weighted by molar-refractivity contribution is 5.59. The Balaban J connectivity index is 3.01. The molecular formula is C10H11O3. The number of methoxy groups -OCH3 is 2. The van der Waals surface area contributed by atoms with Gasteiger partial charge in [-0.2, -0.15) is 0 Å². The molecule has 1 aromatic carbocycles. The lowest BCUT2D eigenvalue weighted by Gasteiger charge is -2.07. The minimum absolute atomic E-state index is 0.223. The van der Waals surface area contributed by atoms with Crippen molar-refractivity contribution in [2.45, 2.75) is 6.42 Å². The van der Waals surface area contributed by atoms with E-state index in [1.165, 1.54) is 0 Å². The Morgan fingerprint density at radius 2 is 2.08 bits per heavy atom. The van der Waals surface area contributed by atoms with Crippen LogP contribution >= 0.6 is 0 Å². The van der Waals surface area contributed by atoms with Gasteiger partial charge < -0.3 is 9.47 Å². The zero-order chi connectivity index (χ0) is 9.68. The van der Waals surface area contributed by atoms with Gasteiger partial charge in [0.1, 0.15) is 11.5 Å². The van der Waals surface area contributed by atoms with Gasteiger partial charge in [-0.25, -0.2) is 0 Å². The third kappa shape index (κ3) is 2.21. The van der Waals surface area contributed by atoms with Crippen molar-refractivity contribution in [2.24, 2.45) is 0 Å². The number of ether oxygens (including phenoxy) is 2. The molecule has 0 spiro atoms. The summed E-state index contributed by atoms with van der Waals surface area (Å²) in [4.78, 5) is 10.2. The third-order valence-corrected chi connectivity index (χ3v) is 1.75. The highest BCUT2D eigenvalue weighted by atomic mass is 16.5. The van der Waals surface area contributed by atoms with E-state index in [4.69, 9.17) is 9.47 Å². The predicted octanol–water partition coefficient (Wildman–Crippen LogP) is 1.36. The molecule has 0 amide bonds. The van der Waals surface area contributed by atoms with E-state index >= 15 is 0 Å². The fourth-order valence-electron chi connectivity index (χ4n) is 1.10. The van der Waals surface area contributed by atoms with Crippen LogP contribution in [0.1, 0.15) is 5.56 Å². The minimum Gasteiger partial charge on any atom is -0.497 e. The second kappa shape index (κ2) is 4.50. The number of carbonyl (C=O) groups excluding carboxylic acids is 1. The Hall–Kier alpha value is -1.51. The van der Waals surface area contributed by atoms with Gasteiger partial charge in [-0.1, -0.05) is 0 Å². The molecule has 0 aromatic heterocycles. The van der Waals surface area contributed by atoms with Crippen molar-refractivity contribution in [1.29, 1.82) is 0 Å². The summed E-state index contributed by atoms with van der Waals surface area (Å²) in [6, 6.07) is 5.32. The van der Waals surface area contributed by atoms with E-state index in [0.717, 1.165) is 5.56 Å².